The van der Waals surface area contributed by atoms with Crippen molar-refractivity contribution in [2.24, 2.45) is 0 Å². The maximum atomic E-state index is 13.2. The van der Waals surface area contributed by atoms with Crippen molar-refractivity contribution in [2.75, 3.05) is 0 Å². The van der Waals surface area contributed by atoms with Gasteiger partial charge in [0.1, 0.15) is 6.10 Å². The Hall–Kier alpha value is -2.34. The van der Waals surface area contributed by atoms with Crippen LogP contribution in [-0.2, 0) is 0 Å². The molecule has 0 saturated carbocycles. The van der Waals surface area contributed by atoms with Crippen LogP contribution in [0.2, 0.25) is 0 Å². The molecule has 0 aliphatic carbocycles. The maximum absolute atomic E-state index is 13.2. The van der Waals surface area contributed by atoms with Gasteiger partial charge in [-0.15, -0.1) is 0 Å². The van der Waals surface area contributed by atoms with E-state index in [4.69, 9.17) is 0 Å². The van der Waals surface area contributed by atoms with Gasteiger partial charge in [-0.1, -0.05) is 6.07 Å². The topological polar surface area (TPSA) is 50.4 Å². The Labute approximate surface area is 107 Å². The minimum Gasteiger partial charge on any atom is -0.384 e. The molecular formula is C13H9F2N3O. The van der Waals surface area contributed by atoms with E-state index in [0.29, 0.717) is 11.1 Å². The number of hydrogen-bond acceptors (Lipinski definition) is 3. The number of fused-ring (bicyclic) bond motifs is 1. The van der Waals surface area contributed by atoms with Crippen molar-refractivity contribution in [1.82, 2.24) is 14.6 Å². The molecule has 0 fully saturated rings. The Morgan fingerprint density at radius 2 is 2.00 bits per heavy atom. The molecule has 1 unspecified atom stereocenters. The Bertz CT molecular complexity index is 742. The van der Waals surface area contributed by atoms with Crippen molar-refractivity contribution >= 4 is 5.52 Å². The number of nitrogens with zero attached hydrogens (tertiary/aromatic N) is 3. The van der Waals surface area contributed by atoms with Gasteiger partial charge in [0.25, 0.3) is 0 Å². The van der Waals surface area contributed by atoms with Crippen molar-refractivity contribution in [3.63, 3.8) is 0 Å². The summed E-state index contributed by atoms with van der Waals surface area (Å²) >= 11 is 0. The molecule has 1 atom stereocenters. The molecule has 19 heavy (non-hydrogen) atoms. The Balaban J connectivity index is 2.08. The maximum Gasteiger partial charge on any atom is 0.159 e. The molecule has 2 aromatic heterocycles. The van der Waals surface area contributed by atoms with Crippen LogP contribution in [0.3, 0.4) is 0 Å². The molecule has 0 radical (unpaired) electrons. The summed E-state index contributed by atoms with van der Waals surface area (Å²) in [5.41, 5.74) is 1.36. The van der Waals surface area contributed by atoms with Gasteiger partial charge < -0.3 is 5.11 Å². The molecule has 6 heteroatoms. The molecular weight excluding hydrogens is 252 g/mol. The quantitative estimate of drug-likeness (QED) is 0.768. The summed E-state index contributed by atoms with van der Waals surface area (Å²) in [5, 5.41) is 14.3. The monoisotopic (exact) mass is 261 g/mol. The van der Waals surface area contributed by atoms with Crippen molar-refractivity contribution in [3.05, 3.63) is 65.7 Å². The predicted molar refractivity (Wildman–Crippen MR) is 63.4 cm³/mol. The Morgan fingerprint density at radius 1 is 1.16 bits per heavy atom. The van der Waals surface area contributed by atoms with Crippen LogP contribution in [-0.4, -0.2) is 19.7 Å². The molecule has 0 aliphatic heterocycles. The lowest BCUT2D eigenvalue weighted by atomic mass is 10.0. The number of rotatable bonds is 2. The first-order chi connectivity index (χ1) is 9.16. The molecule has 0 saturated heterocycles. The average Bonchev–Trinajstić information content (AvgIpc) is 2.85. The fourth-order valence-corrected chi connectivity index (χ4v) is 1.93. The fourth-order valence-electron chi connectivity index (χ4n) is 1.93. The van der Waals surface area contributed by atoms with Gasteiger partial charge in [-0.05, 0) is 17.7 Å². The molecule has 0 aliphatic rings. The van der Waals surface area contributed by atoms with Crippen molar-refractivity contribution < 1.29 is 13.9 Å². The van der Waals surface area contributed by atoms with Crippen LogP contribution >= 0.6 is 0 Å². The lowest BCUT2D eigenvalue weighted by Crippen LogP contribution is -2.01. The summed E-state index contributed by atoms with van der Waals surface area (Å²) in [7, 11) is 0. The van der Waals surface area contributed by atoms with E-state index in [9.17, 15) is 13.9 Å². The highest BCUT2D eigenvalue weighted by Gasteiger charge is 2.17. The largest absolute Gasteiger partial charge is 0.384 e. The van der Waals surface area contributed by atoms with E-state index in [1.165, 1.54) is 12.3 Å². The van der Waals surface area contributed by atoms with Gasteiger partial charge in [-0.2, -0.15) is 5.10 Å². The third kappa shape index (κ3) is 1.96. The van der Waals surface area contributed by atoms with E-state index in [1.54, 1.807) is 23.1 Å². The summed E-state index contributed by atoms with van der Waals surface area (Å²) < 4.78 is 27.6. The van der Waals surface area contributed by atoms with E-state index in [0.717, 1.165) is 12.1 Å². The molecule has 1 aromatic carbocycles. The van der Waals surface area contributed by atoms with Gasteiger partial charge in [-0.25, -0.2) is 13.3 Å². The van der Waals surface area contributed by atoms with E-state index in [-0.39, 0.29) is 5.56 Å². The molecule has 4 nitrogen and oxygen atoms in total. The summed E-state index contributed by atoms with van der Waals surface area (Å²) in [4.78, 5) is 3.95. The third-order valence-electron chi connectivity index (χ3n) is 2.91. The van der Waals surface area contributed by atoms with E-state index in [1.807, 2.05) is 0 Å². The second-order valence-electron chi connectivity index (χ2n) is 4.08. The van der Waals surface area contributed by atoms with E-state index < -0.39 is 17.7 Å². The smallest absolute Gasteiger partial charge is 0.159 e. The predicted octanol–water partition coefficient (Wildman–Crippen LogP) is 2.09. The van der Waals surface area contributed by atoms with Crippen LogP contribution < -0.4 is 0 Å². The molecule has 1 N–H and O–H groups in total. The lowest BCUT2D eigenvalue weighted by molar-refractivity contribution is 0.221. The SMILES string of the molecule is OC(c1ccc(F)c(F)c1)c1cnn2ccncc12. The number of hydrogen-bond donors (Lipinski definition) is 1. The van der Waals surface area contributed by atoms with Gasteiger partial charge in [0.15, 0.2) is 11.6 Å². The van der Waals surface area contributed by atoms with Gasteiger partial charge in [0.2, 0.25) is 0 Å². The molecule has 96 valence electrons. The zero-order valence-electron chi connectivity index (χ0n) is 9.66. The van der Waals surface area contributed by atoms with Crippen LogP contribution in [0.15, 0.2) is 43.0 Å². The highest BCUT2D eigenvalue weighted by molar-refractivity contribution is 5.54. The average molecular weight is 261 g/mol. The third-order valence-corrected chi connectivity index (χ3v) is 2.91. The highest BCUT2D eigenvalue weighted by atomic mass is 19.2. The Kier molecular flexibility index (Phi) is 2.72. The number of aromatic nitrogens is 3. The van der Waals surface area contributed by atoms with E-state index >= 15 is 0 Å². The van der Waals surface area contributed by atoms with Crippen molar-refractivity contribution in [2.45, 2.75) is 6.10 Å². The normalized spacial score (nSPS) is 12.8. The number of benzene rings is 1. The molecule has 2 heterocycles. The van der Waals surface area contributed by atoms with Crippen molar-refractivity contribution in [1.29, 1.82) is 0 Å². The summed E-state index contributed by atoms with van der Waals surface area (Å²) in [6.07, 6.45) is 5.13. The van der Waals surface area contributed by atoms with Crippen LogP contribution in [0.1, 0.15) is 17.2 Å². The zero-order chi connectivity index (χ0) is 13.4. The summed E-state index contributed by atoms with van der Waals surface area (Å²) in [5.74, 6) is -1.94. The lowest BCUT2D eigenvalue weighted by Gasteiger charge is -2.09. The molecule has 3 rings (SSSR count). The highest BCUT2D eigenvalue weighted by Crippen LogP contribution is 2.26. The fraction of sp³-hybridized carbons (Fsp3) is 0.0769. The second-order valence-corrected chi connectivity index (χ2v) is 4.08. The number of aliphatic hydroxyl groups is 1. The first-order valence-electron chi connectivity index (χ1n) is 5.57. The molecule has 0 spiro atoms. The van der Waals surface area contributed by atoms with Gasteiger partial charge in [0, 0.05) is 18.0 Å². The second kappa shape index (κ2) is 4.40. The first kappa shape index (κ1) is 11.7. The minimum absolute atomic E-state index is 0.262. The summed E-state index contributed by atoms with van der Waals surface area (Å²) in [6.45, 7) is 0. The molecule has 0 bridgehead atoms. The standard InChI is InChI=1S/C13H9F2N3O/c14-10-2-1-8(5-11(10)15)13(19)9-6-17-18-4-3-16-7-12(9)18/h1-7,13,19H. The summed E-state index contributed by atoms with van der Waals surface area (Å²) in [6, 6.07) is 3.29. The number of halogens is 2. The van der Waals surface area contributed by atoms with Gasteiger partial charge in [-0.3, -0.25) is 4.98 Å². The molecule has 3 aromatic rings. The van der Waals surface area contributed by atoms with Crippen LogP contribution in [0, 0.1) is 11.6 Å². The zero-order valence-corrected chi connectivity index (χ0v) is 9.66. The van der Waals surface area contributed by atoms with Crippen molar-refractivity contribution in [3.8, 4) is 0 Å². The minimum atomic E-state index is -1.09. The van der Waals surface area contributed by atoms with E-state index in [2.05, 4.69) is 10.1 Å². The van der Waals surface area contributed by atoms with Crippen LogP contribution in [0.4, 0.5) is 8.78 Å². The van der Waals surface area contributed by atoms with Crippen LogP contribution in [0.25, 0.3) is 5.52 Å². The molecule has 0 amide bonds. The van der Waals surface area contributed by atoms with Crippen LogP contribution in [0.5, 0.6) is 0 Å². The van der Waals surface area contributed by atoms with Gasteiger partial charge >= 0.3 is 0 Å². The Morgan fingerprint density at radius 3 is 2.79 bits per heavy atom. The first-order valence-corrected chi connectivity index (χ1v) is 5.57. The van der Waals surface area contributed by atoms with Gasteiger partial charge in [0.05, 0.1) is 17.9 Å². The number of aliphatic hydroxyl groups excluding tert-OH is 1.